The molecule has 0 amide bonds. The van der Waals surface area contributed by atoms with Gasteiger partial charge in [-0.05, 0) is 60.4 Å². The number of nitrogens with zero attached hydrogens (tertiary/aromatic N) is 1. The molecule has 2 aliphatic rings. The fourth-order valence-electron chi connectivity index (χ4n) is 4.15. The van der Waals surface area contributed by atoms with Gasteiger partial charge in [0, 0.05) is 23.1 Å². The first kappa shape index (κ1) is 21.1. The summed E-state index contributed by atoms with van der Waals surface area (Å²) in [5, 5.41) is 1.38. The van der Waals surface area contributed by atoms with Gasteiger partial charge in [-0.3, -0.25) is 9.69 Å². The predicted octanol–water partition coefficient (Wildman–Crippen LogP) is 6.31. The van der Waals surface area contributed by atoms with Gasteiger partial charge in [-0.25, -0.2) is 0 Å². The summed E-state index contributed by atoms with van der Waals surface area (Å²) < 4.78 is 12.1. The molecule has 162 valence electrons. The number of hydrogen-bond donors (Lipinski definition) is 0. The molecular weight excluding hydrogens is 445 g/mol. The van der Waals surface area contributed by atoms with E-state index in [2.05, 4.69) is 4.90 Å². The molecular formula is C26H21Cl2NO3. The Morgan fingerprint density at radius 2 is 1.94 bits per heavy atom. The van der Waals surface area contributed by atoms with Crippen molar-refractivity contribution in [3.8, 4) is 11.5 Å². The third kappa shape index (κ3) is 4.02. The van der Waals surface area contributed by atoms with E-state index in [1.54, 1.807) is 18.2 Å². The highest BCUT2D eigenvalue weighted by Crippen LogP contribution is 2.44. The maximum absolute atomic E-state index is 13.1. The summed E-state index contributed by atoms with van der Waals surface area (Å²) in [4.78, 5) is 15.3. The Morgan fingerprint density at radius 3 is 2.75 bits per heavy atom. The molecule has 3 aromatic rings. The fraction of sp³-hybridized carbons (Fsp3) is 0.192. The van der Waals surface area contributed by atoms with Crippen molar-refractivity contribution in [2.45, 2.75) is 19.9 Å². The summed E-state index contributed by atoms with van der Waals surface area (Å²) in [6.07, 6.45) is 2.55. The molecule has 5 rings (SSSR count). The lowest BCUT2D eigenvalue weighted by Crippen LogP contribution is -2.34. The zero-order valence-electron chi connectivity index (χ0n) is 17.5. The number of carbonyl (C=O) groups is 1. The molecule has 0 saturated heterocycles. The minimum Gasteiger partial charge on any atom is -0.478 e. The van der Waals surface area contributed by atoms with Gasteiger partial charge in [-0.1, -0.05) is 53.5 Å². The van der Waals surface area contributed by atoms with E-state index in [-0.39, 0.29) is 5.78 Å². The molecule has 2 aliphatic heterocycles. The van der Waals surface area contributed by atoms with Crippen molar-refractivity contribution in [3.05, 3.63) is 98.2 Å². The Balaban J connectivity index is 1.41. The van der Waals surface area contributed by atoms with Gasteiger partial charge in [0.05, 0.1) is 11.1 Å². The van der Waals surface area contributed by atoms with Crippen LogP contribution in [0, 0.1) is 6.92 Å². The minimum absolute atomic E-state index is 0.117. The Morgan fingerprint density at radius 1 is 1.09 bits per heavy atom. The minimum atomic E-state index is -0.117. The third-order valence-electron chi connectivity index (χ3n) is 5.79. The van der Waals surface area contributed by atoms with E-state index >= 15 is 0 Å². The predicted molar refractivity (Wildman–Crippen MR) is 127 cm³/mol. The van der Waals surface area contributed by atoms with Crippen LogP contribution in [0.15, 0.2) is 60.4 Å². The molecule has 0 spiro atoms. The highest BCUT2D eigenvalue weighted by molar-refractivity contribution is 6.31. The third-order valence-corrected chi connectivity index (χ3v) is 6.39. The van der Waals surface area contributed by atoms with Gasteiger partial charge in [-0.2, -0.15) is 0 Å². The number of rotatable bonds is 4. The Bertz CT molecular complexity index is 1250. The molecule has 0 N–H and O–H groups in total. The molecule has 32 heavy (non-hydrogen) atoms. The topological polar surface area (TPSA) is 38.8 Å². The monoisotopic (exact) mass is 465 g/mol. The van der Waals surface area contributed by atoms with E-state index in [0.717, 1.165) is 46.0 Å². The second kappa shape index (κ2) is 8.62. The van der Waals surface area contributed by atoms with Crippen LogP contribution in [0.1, 0.15) is 32.6 Å². The number of ether oxygens (including phenoxy) is 2. The van der Waals surface area contributed by atoms with Crippen molar-refractivity contribution >= 4 is 35.1 Å². The number of benzene rings is 3. The lowest BCUT2D eigenvalue weighted by molar-refractivity contribution is 0.0949. The van der Waals surface area contributed by atoms with Gasteiger partial charge in [0.25, 0.3) is 0 Å². The van der Waals surface area contributed by atoms with E-state index in [0.29, 0.717) is 35.4 Å². The van der Waals surface area contributed by atoms with Crippen molar-refractivity contribution in [2.75, 3.05) is 13.3 Å². The molecule has 0 unspecified atom stereocenters. The standard InChI is InChI=1S/C26H21Cl2NO3/c1-16-11-22-20(14-29(15-31-22)10-9-18-6-2-3-8-21(18)28)26-24(16)25(30)23(32-26)13-17-5-4-7-19(27)12-17/h2-8,11-13H,9-10,14-15H2,1H3/b23-13-. The van der Waals surface area contributed by atoms with Crippen LogP contribution >= 0.6 is 23.2 Å². The van der Waals surface area contributed by atoms with Crippen molar-refractivity contribution in [2.24, 2.45) is 0 Å². The number of aryl methyl sites for hydroxylation is 1. The first-order valence-electron chi connectivity index (χ1n) is 10.4. The molecule has 0 atom stereocenters. The first-order valence-corrected chi connectivity index (χ1v) is 11.2. The van der Waals surface area contributed by atoms with Crippen molar-refractivity contribution < 1.29 is 14.3 Å². The summed E-state index contributed by atoms with van der Waals surface area (Å²) in [5.74, 6) is 1.55. The van der Waals surface area contributed by atoms with Gasteiger partial charge < -0.3 is 9.47 Å². The second-order valence-corrected chi connectivity index (χ2v) is 8.88. The second-order valence-electron chi connectivity index (χ2n) is 8.04. The van der Waals surface area contributed by atoms with Crippen LogP contribution in [0.25, 0.3) is 6.08 Å². The first-order chi connectivity index (χ1) is 15.5. The van der Waals surface area contributed by atoms with E-state index in [9.17, 15) is 4.79 Å². The van der Waals surface area contributed by atoms with Crippen molar-refractivity contribution in [1.29, 1.82) is 0 Å². The summed E-state index contributed by atoms with van der Waals surface area (Å²) in [7, 11) is 0. The number of allylic oxidation sites excluding steroid dienone is 1. The van der Waals surface area contributed by atoms with Crippen LogP contribution in [0.2, 0.25) is 10.0 Å². The molecule has 3 aromatic carbocycles. The summed E-state index contributed by atoms with van der Waals surface area (Å²) >= 11 is 12.4. The van der Waals surface area contributed by atoms with Gasteiger partial charge in [0.15, 0.2) is 5.76 Å². The van der Waals surface area contributed by atoms with Crippen LogP contribution in [0.4, 0.5) is 0 Å². The molecule has 0 saturated carbocycles. The van der Waals surface area contributed by atoms with Crippen LogP contribution in [-0.2, 0) is 13.0 Å². The quantitative estimate of drug-likeness (QED) is 0.423. The molecule has 0 aromatic heterocycles. The summed E-state index contributed by atoms with van der Waals surface area (Å²) in [6, 6.07) is 17.1. The van der Waals surface area contributed by atoms with Crippen LogP contribution < -0.4 is 9.47 Å². The number of ketones is 1. The van der Waals surface area contributed by atoms with Crippen LogP contribution in [0.5, 0.6) is 11.5 Å². The highest BCUT2D eigenvalue weighted by atomic mass is 35.5. The molecule has 0 fully saturated rings. The van der Waals surface area contributed by atoms with E-state index in [4.69, 9.17) is 32.7 Å². The normalized spacial score (nSPS) is 16.5. The molecule has 0 aliphatic carbocycles. The number of carbonyl (C=O) groups excluding carboxylic acids is 1. The maximum atomic E-state index is 13.1. The van der Waals surface area contributed by atoms with Gasteiger partial charge in [-0.15, -0.1) is 0 Å². The van der Waals surface area contributed by atoms with Crippen LogP contribution in [0.3, 0.4) is 0 Å². The molecule has 6 heteroatoms. The maximum Gasteiger partial charge on any atom is 0.232 e. The zero-order valence-corrected chi connectivity index (χ0v) is 19.0. The smallest absolute Gasteiger partial charge is 0.232 e. The van der Waals surface area contributed by atoms with Gasteiger partial charge in [0.2, 0.25) is 5.78 Å². The fourth-order valence-corrected chi connectivity index (χ4v) is 4.58. The average molecular weight is 466 g/mol. The largest absolute Gasteiger partial charge is 0.478 e. The van der Waals surface area contributed by atoms with Crippen molar-refractivity contribution in [1.82, 2.24) is 4.90 Å². The van der Waals surface area contributed by atoms with Crippen molar-refractivity contribution in [3.63, 3.8) is 0 Å². The Hall–Kier alpha value is -2.79. The molecule has 0 bridgehead atoms. The highest BCUT2D eigenvalue weighted by Gasteiger charge is 2.35. The molecule has 4 nitrogen and oxygen atoms in total. The summed E-state index contributed by atoms with van der Waals surface area (Å²) in [6.45, 7) is 3.82. The molecule has 0 radical (unpaired) electrons. The number of hydrogen-bond acceptors (Lipinski definition) is 4. The zero-order chi connectivity index (χ0) is 22.2. The van der Waals surface area contributed by atoms with E-state index in [1.165, 1.54) is 0 Å². The lowest BCUT2D eigenvalue weighted by Gasteiger charge is -2.30. The van der Waals surface area contributed by atoms with Gasteiger partial charge in [0.1, 0.15) is 18.2 Å². The van der Waals surface area contributed by atoms with E-state index in [1.807, 2.05) is 49.4 Å². The SMILES string of the molecule is Cc1cc2c(c3c1C(=O)/C(=C/c1cccc(Cl)c1)O3)CN(CCc1ccccc1Cl)CO2. The Labute approximate surface area is 197 Å². The molecule has 2 heterocycles. The number of Topliss-reactive ketones (excluding diaryl/α,β-unsaturated/α-hetero) is 1. The number of halogens is 2. The van der Waals surface area contributed by atoms with Gasteiger partial charge >= 0.3 is 0 Å². The van der Waals surface area contributed by atoms with E-state index < -0.39 is 0 Å². The Kier molecular flexibility index (Phi) is 5.68. The number of fused-ring (bicyclic) bond motifs is 3. The van der Waals surface area contributed by atoms with Crippen LogP contribution in [-0.4, -0.2) is 24.0 Å². The lowest BCUT2D eigenvalue weighted by atomic mass is 9.98. The summed E-state index contributed by atoms with van der Waals surface area (Å²) in [5.41, 5.74) is 4.28. The average Bonchev–Trinajstić information content (AvgIpc) is 3.10.